The molecule has 0 aliphatic heterocycles. The molecule has 2 aromatic heterocycles. The summed E-state index contributed by atoms with van der Waals surface area (Å²) in [6, 6.07) is 114. The molecule has 0 unspecified atom stereocenters. The Kier molecular flexibility index (Phi) is 11.6. The monoisotopic (exact) mass is 1090 g/mol. The van der Waals surface area contributed by atoms with Crippen LogP contribution in [0.25, 0.3) is 175 Å². The second kappa shape index (κ2) is 20.2. The zero-order valence-corrected chi connectivity index (χ0v) is 46.8. The SMILES string of the molecule is c1cc(-c2ccc3ccccc3c2)cc(-c2c3ccccc3c(-c3cccc4oc5ccccc5c34)c3ccccc23)c1.c1ccc2cc(-c3ccc(-c4c5ccccc5c(-c5cccc6oc7ccccc7c56)c5ccccc45)cc3)ccc2c1. The normalized spacial score (nSPS) is 11.7. The molecule has 0 saturated heterocycles. The van der Waals surface area contributed by atoms with Crippen molar-refractivity contribution >= 4 is 109 Å². The number of rotatable bonds is 6. The summed E-state index contributed by atoms with van der Waals surface area (Å²) in [5.41, 5.74) is 18.4. The Bertz CT molecular complexity index is 5610. The molecule has 0 aliphatic carbocycles. The zero-order chi connectivity index (χ0) is 56.7. The van der Waals surface area contributed by atoms with Crippen molar-refractivity contribution in [3.8, 4) is 66.8 Å². The van der Waals surface area contributed by atoms with Crippen LogP contribution in [0.5, 0.6) is 0 Å². The molecular weight excluding hydrogens is 1040 g/mol. The third-order valence-corrected chi connectivity index (χ3v) is 17.7. The first-order chi connectivity index (χ1) is 42.7. The van der Waals surface area contributed by atoms with Gasteiger partial charge in [0.2, 0.25) is 0 Å². The standard InChI is InChI=1S/2C42H26O/c1-2-12-28-25-30(24-23-27(28)11-1)29-13-9-14-31(26-29)40-32-15-3-5-17-34(32)41(35-18-6-4-16-33(35)40)37-20-10-22-39-42(37)36-19-7-8-21-38(36)43-39;1-2-11-30-26-31(25-22-27(30)10-1)28-20-23-29(24-21-28)40-32-12-3-5-14-34(32)41(35-15-6-4-13-33(35)40)37-17-9-19-39-42(37)36-16-7-8-18-38(36)43-39/h2*1-26H. The van der Waals surface area contributed by atoms with Crippen LogP contribution in [-0.4, -0.2) is 0 Å². The van der Waals surface area contributed by atoms with E-state index in [2.05, 4.69) is 303 Å². The zero-order valence-electron chi connectivity index (χ0n) is 46.8. The minimum Gasteiger partial charge on any atom is -0.456 e. The first-order valence-corrected chi connectivity index (χ1v) is 29.5. The lowest BCUT2D eigenvalue weighted by atomic mass is 9.84. The Hall–Kier alpha value is -11.3. The van der Waals surface area contributed by atoms with Crippen LogP contribution in [0.3, 0.4) is 0 Å². The number of para-hydroxylation sites is 2. The van der Waals surface area contributed by atoms with Gasteiger partial charge in [-0.05, 0) is 174 Å². The van der Waals surface area contributed by atoms with Gasteiger partial charge in [-0.25, -0.2) is 0 Å². The number of hydrogen-bond donors (Lipinski definition) is 0. The van der Waals surface area contributed by atoms with Crippen molar-refractivity contribution in [3.63, 3.8) is 0 Å². The lowest BCUT2D eigenvalue weighted by Crippen LogP contribution is -1.91. The fraction of sp³-hybridized carbons (Fsp3) is 0. The summed E-state index contributed by atoms with van der Waals surface area (Å²) in [6.45, 7) is 0. The molecule has 18 rings (SSSR count). The molecule has 0 amide bonds. The van der Waals surface area contributed by atoms with Gasteiger partial charge in [0, 0.05) is 21.5 Å². The molecule has 0 aliphatic rings. The molecule has 400 valence electrons. The third kappa shape index (κ3) is 8.10. The first-order valence-electron chi connectivity index (χ1n) is 29.5. The van der Waals surface area contributed by atoms with Crippen LogP contribution >= 0.6 is 0 Å². The van der Waals surface area contributed by atoms with E-state index in [9.17, 15) is 0 Å². The van der Waals surface area contributed by atoms with Gasteiger partial charge in [-0.3, -0.25) is 0 Å². The smallest absolute Gasteiger partial charge is 0.136 e. The van der Waals surface area contributed by atoms with Gasteiger partial charge in [-0.2, -0.15) is 0 Å². The molecule has 0 fully saturated rings. The van der Waals surface area contributed by atoms with E-state index < -0.39 is 0 Å². The summed E-state index contributed by atoms with van der Waals surface area (Å²) in [5, 5.41) is 19.6. The molecule has 16 aromatic carbocycles. The largest absolute Gasteiger partial charge is 0.456 e. The van der Waals surface area contributed by atoms with E-state index in [0.717, 1.165) is 33.1 Å². The molecule has 86 heavy (non-hydrogen) atoms. The van der Waals surface area contributed by atoms with Crippen LogP contribution in [0, 0.1) is 0 Å². The van der Waals surface area contributed by atoms with E-state index in [1.54, 1.807) is 0 Å². The van der Waals surface area contributed by atoms with E-state index in [1.165, 1.54) is 142 Å². The summed E-state index contributed by atoms with van der Waals surface area (Å²) < 4.78 is 12.6. The van der Waals surface area contributed by atoms with Gasteiger partial charge in [0.1, 0.15) is 22.3 Å². The highest BCUT2D eigenvalue weighted by atomic mass is 16.3. The van der Waals surface area contributed by atoms with Crippen LogP contribution in [0.4, 0.5) is 0 Å². The van der Waals surface area contributed by atoms with Crippen LogP contribution in [0.2, 0.25) is 0 Å². The lowest BCUT2D eigenvalue weighted by Gasteiger charge is -2.18. The van der Waals surface area contributed by atoms with Crippen LogP contribution in [-0.2, 0) is 0 Å². The average molecular weight is 1090 g/mol. The molecule has 18 aromatic rings. The number of fused-ring (bicyclic) bond motifs is 12. The van der Waals surface area contributed by atoms with Crippen LogP contribution in [0.15, 0.2) is 324 Å². The average Bonchev–Trinajstić information content (AvgIpc) is 1.22. The van der Waals surface area contributed by atoms with Gasteiger partial charge in [0.25, 0.3) is 0 Å². The number of benzene rings is 16. The maximum absolute atomic E-state index is 6.31. The molecule has 0 bridgehead atoms. The fourth-order valence-corrected chi connectivity index (χ4v) is 13.8. The highest BCUT2D eigenvalue weighted by molar-refractivity contribution is 6.27. The van der Waals surface area contributed by atoms with Gasteiger partial charge in [0.15, 0.2) is 0 Å². The van der Waals surface area contributed by atoms with E-state index >= 15 is 0 Å². The van der Waals surface area contributed by atoms with Crippen molar-refractivity contribution in [2.75, 3.05) is 0 Å². The highest BCUT2D eigenvalue weighted by Gasteiger charge is 2.23. The summed E-state index contributed by atoms with van der Waals surface area (Å²) in [4.78, 5) is 0. The Morgan fingerprint density at radius 3 is 0.919 bits per heavy atom. The van der Waals surface area contributed by atoms with Crippen molar-refractivity contribution in [1.29, 1.82) is 0 Å². The molecular formula is C84H52O2. The second-order valence-corrected chi connectivity index (χ2v) is 22.5. The van der Waals surface area contributed by atoms with E-state index in [4.69, 9.17) is 8.83 Å². The minimum absolute atomic E-state index is 0.916. The minimum atomic E-state index is 0.916. The fourth-order valence-electron chi connectivity index (χ4n) is 13.8. The predicted octanol–water partition coefficient (Wildman–Crippen LogP) is 24.1. The van der Waals surface area contributed by atoms with E-state index in [1.807, 2.05) is 12.1 Å². The molecule has 2 heteroatoms. The molecule has 0 saturated carbocycles. The van der Waals surface area contributed by atoms with Crippen molar-refractivity contribution in [2.24, 2.45) is 0 Å². The van der Waals surface area contributed by atoms with Gasteiger partial charge >= 0.3 is 0 Å². The topological polar surface area (TPSA) is 26.3 Å². The predicted molar refractivity (Wildman–Crippen MR) is 365 cm³/mol. The summed E-state index contributed by atoms with van der Waals surface area (Å²) in [7, 11) is 0. The quantitative estimate of drug-likeness (QED) is 0.155. The van der Waals surface area contributed by atoms with Crippen molar-refractivity contribution < 1.29 is 8.83 Å². The van der Waals surface area contributed by atoms with Crippen LogP contribution in [0.1, 0.15) is 0 Å². The summed E-state index contributed by atoms with van der Waals surface area (Å²) in [6.07, 6.45) is 0. The summed E-state index contributed by atoms with van der Waals surface area (Å²) in [5.74, 6) is 0. The number of furan rings is 2. The van der Waals surface area contributed by atoms with Crippen molar-refractivity contribution in [2.45, 2.75) is 0 Å². The maximum Gasteiger partial charge on any atom is 0.136 e. The lowest BCUT2D eigenvalue weighted by molar-refractivity contribution is 0.668. The Morgan fingerprint density at radius 1 is 0.163 bits per heavy atom. The summed E-state index contributed by atoms with van der Waals surface area (Å²) >= 11 is 0. The van der Waals surface area contributed by atoms with Gasteiger partial charge in [-0.15, -0.1) is 0 Å². The van der Waals surface area contributed by atoms with Crippen molar-refractivity contribution in [1.82, 2.24) is 0 Å². The van der Waals surface area contributed by atoms with E-state index in [0.29, 0.717) is 0 Å². The number of hydrogen-bond acceptors (Lipinski definition) is 2. The van der Waals surface area contributed by atoms with E-state index in [-0.39, 0.29) is 0 Å². The Labute approximate surface area is 496 Å². The van der Waals surface area contributed by atoms with Gasteiger partial charge in [-0.1, -0.05) is 273 Å². The Balaban J connectivity index is 0.000000134. The van der Waals surface area contributed by atoms with Crippen LogP contribution < -0.4 is 0 Å². The molecule has 0 spiro atoms. The second-order valence-electron chi connectivity index (χ2n) is 22.5. The van der Waals surface area contributed by atoms with Gasteiger partial charge in [0.05, 0.1) is 0 Å². The first kappa shape index (κ1) is 49.3. The molecule has 2 nitrogen and oxygen atoms in total. The third-order valence-electron chi connectivity index (χ3n) is 17.7. The van der Waals surface area contributed by atoms with Gasteiger partial charge < -0.3 is 8.83 Å². The maximum atomic E-state index is 6.31. The Morgan fingerprint density at radius 2 is 0.465 bits per heavy atom. The van der Waals surface area contributed by atoms with Crippen molar-refractivity contribution in [3.05, 3.63) is 315 Å². The molecule has 0 radical (unpaired) electrons. The highest BCUT2D eigenvalue weighted by Crippen LogP contribution is 2.49. The molecule has 2 heterocycles. The molecule has 0 N–H and O–H groups in total. The molecule has 0 atom stereocenters.